The summed E-state index contributed by atoms with van der Waals surface area (Å²) in [4.78, 5) is 16.5. The number of hydrogen-bond acceptors (Lipinski definition) is 5. The summed E-state index contributed by atoms with van der Waals surface area (Å²) in [6.45, 7) is 0. The Morgan fingerprint density at radius 1 is 0.892 bits per heavy atom. The molecule has 0 saturated heterocycles. The van der Waals surface area contributed by atoms with Gasteiger partial charge in [0.25, 0.3) is 0 Å². The first-order chi connectivity index (χ1) is 17.4. The molecular formula is C23H14ClF6N5OS. The topological polar surface area (TPSA) is 72.7 Å². The Hall–Kier alpha value is -3.58. The van der Waals surface area contributed by atoms with Gasteiger partial charge in [0.2, 0.25) is 5.91 Å². The molecule has 0 radical (unpaired) electrons. The fourth-order valence-corrected chi connectivity index (χ4v) is 4.11. The molecule has 0 aliphatic heterocycles. The smallest absolute Gasteiger partial charge is 0.325 e. The van der Waals surface area contributed by atoms with E-state index in [2.05, 4.69) is 20.5 Å². The summed E-state index contributed by atoms with van der Waals surface area (Å²) in [5, 5.41) is 11.1. The molecule has 1 amide bonds. The van der Waals surface area contributed by atoms with E-state index >= 15 is 0 Å². The quantitative estimate of drug-likeness (QED) is 0.210. The minimum absolute atomic E-state index is 0.0143. The monoisotopic (exact) mass is 557 g/mol. The van der Waals surface area contributed by atoms with Gasteiger partial charge in [-0.3, -0.25) is 14.3 Å². The molecule has 0 spiro atoms. The lowest BCUT2D eigenvalue weighted by Crippen LogP contribution is -2.17. The van der Waals surface area contributed by atoms with E-state index in [4.69, 9.17) is 11.6 Å². The van der Waals surface area contributed by atoms with Crippen molar-refractivity contribution in [2.24, 2.45) is 0 Å². The van der Waals surface area contributed by atoms with E-state index in [1.54, 1.807) is 53.4 Å². The normalized spacial score (nSPS) is 12.0. The average Bonchev–Trinajstić information content (AvgIpc) is 3.26. The number of hydrogen-bond donors (Lipinski definition) is 1. The van der Waals surface area contributed by atoms with Crippen LogP contribution in [0.25, 0.3) is 17.1 Å². The van der Waals surface area contributed by atoms with E-state index in [1.165, 1.54) is 0 Å². The molecule has 192 valence electrons. The summed E-state index contributed by atoms with van der Waals surface area (Å²) in [7, 11) is 0. The van der Waals surface area contributed by atoms with E-state index in [-0.39, 0.29) is 17.0 Å². The lowest BCUT2D eigenvalue weighted by molar-refractivity contribution is -0.143. The molecular weight excluding hydrogens is 544 g/mol. The predicted octanol–water partition coefficient (Wildman–Crippen LogP) is 6.75. The molecule has 1 N–H and O–H groups in total. The summed E-state index contributed by atoms with van der Waals surface area (Å²) >= 11 is 6.87. The Morgan fingerprint density at radius 2 is 1.49 bits per heavy atom. The van der Waals surface area contributed by atoms with Crippen LogP contribution in [0.4, 0.5) is 32.0 Å². The van der Waals surface area contributed by atoms with Crippen molar-refractivity contribution in [3.63, 3.8) is 0 Å². The highest BCUT2D eigenvalue weighted by atomic mass is 35.5. The van der Waals surface area contributed by atoms with Gasteiger partial charge in [-0.25, -0.2) is 0 Å². The van der Waals surface area contributed by atoms with Crippen LogP contribution in [0.2, 0.25) is 5.02 Å². The third-order valence-electron chi connectivity index (χ3n) is 4.86. The van der Waals surface area contributed by atoms with Crippen LogP contribution in [0, 0.1) is 0 Å². The first-order valence-corrected chi connectivity index (χ1v) is 11.6. The average molecular weight is 558 g/mol. The number of rotatable bonds is 6. The second-order valence-electron chi connectivity index (χ2n) is 7.49. The van der Waals surface area contributed by atoms with E-state index < -0.39 is 35.1 Å². The Labute approximate surface area is 214 Å². The van der Waals surface area contributed by atoms with Crippen molar-refractivity contribution in [2.75, 3.05) is 11.1 Å². The molecule has 0 saturated carbocycles. The van der Waals surface area contributed by atoms with Crippen molar-refractivity contribution in [2.45, 2.75) is 17.5 Å². The zero-order valence-corrected chi connectivity index (χ0v) is 19.9. The highest BCUT2D eigenvalue weighted by Gasteiger charge is 2.37. The molecule has 0 bridgehead atoms. The van der Waals surface area contributed by atoms with Crippen LogP contribution in [-0.2, 0) is 17.1 Å². The largest absolute Gasteiger partial charge is 0.416 e. The summed E-state index contributed by atoms with van der Waals surface area (Å²) < 4.78 is 80.2. The molecule has 2 aromatic carbocycles. The van der Waals surface area contributed by atoms with E-state index in [0.29, 0.717) is 34.2 Å². The Balaban J connectivity index is 1.59. The zero-order valence-electron chi connectivity index (χ0n) is 18.3. The van der Waals surface area contributed by atoms with Crippen LogP contribution in [0.5, 0.6) is 0 Å². The van der Waals surface area contributed by atoms with E-state index in [9.17, 15) is 31.1 Å². The fourth-order valence-electron chi connectivity index (χ4n) is 3.23. The molecule has 0 atom stereocenters. The van der Waals surface area contributed by atoms with Crippen LogP contribution in [-0.4, -0.2) is 31.4 Å². The molecule has 0 aliphatic carbocycles. The highest BCUT2D eigenvalue weighted by molar-refractivity contribution is 7.99. The number of thioether (sulfide) groups is 1. The molecule has 6 nitrogen and oxygen atoms in total. The molecule has 2 heterocycles. The van der Waals surface area contributed by atoms with Gasteiger partial charge >= 0.3 is 12.4 Å². The zero-order chi connectivity index (χ0) is 26.8. The van der Waals surface area contributed by atoms with Gasteiger partial charge in [-0.15, -0.1) is 10.2 Å². The molecule has 0 aliphatic rings. The summed E-state index contributed by atoms with van der Waals surface area (Å²) in [6, 6.07) is 10.9. The number of amides is 1. The number of pyridine rings is 1. The molecule has 4 aromatic rings. The number of nitrogens with one attached hydrogen (secondary N) is 1. The predicted molar refractivity (Wildman–Crippen MR) is 125 cm³/mol. The number of nitrogens with zero attached hydrogens (tertiary/aromatic N) is 4. The molecule has 0 unspecified atom stereocenters. The lowest BCUT2D eigenvalue weighted by Gasteiger charge is -2.15. The lowest BCUT2D eigenvalue weighted by atomic mass is 10.1. The third-order valence-corrected chi connectivity index (χ3v) is 6.04. The Bertz CT molecular complexity index is 1380. The van der Waals surface area contributed by atoms with Crippen molar-refractivity contribution < 1.29 is 31.1 Å². The number of alkyl halides is 6. The second-order valence-corrected chi connectivity index (χ2v) is 8.86. The van der Waals surface area contributed by atoms with Gasteiger partial charge in [0, 0.05) is 34.4 Å². The third kappa shape index (κ3) is 6.41. The minimum Gasteiger partial charge on any atom is -0.325 e. The fraction of sp³-hybridized carbons (Fsp3) is 0.130. The summed E-state index contributed by atoms with van der Waals surface area (Å²) in [5.74, 6) is -0.798. The van der Waals surface area contributed by atoms with Crippen molar-refractivity contribution >= 4 is 35.0 Å². The van der Waals surface area contributed by atoms with Gasteiger partial charge < -0.3 is 5.32 Å². The Morgan fingerprint density at radius 3 is 2.05 bits per heavy atom. The van der Waals surface area contributed by atoms with Gasteiger partial charge in [0.1, 0.15) is 0 Å². The first-order valence-electron chi connectivity index (χ1n) is 10.3. The van der Waals surface area contributed by atoms with E-state index in [1.807, 2.05) is 0 Å². The van der Waals surface area contributed by atoms with Crippen LogP contribution in [0.15, 0.2) is 72.1 Å². The maximum atomic E-state index is 13.1. The van der Waals surface area contributed by atoms with Crippen molar-refractivity contribution in [3.05, 3.63) is 83.1 Å². The van der Waals surface area contributed by atoms with E-state index in [0.717, 1.165) is 11.8 Å². The number of benzene rings is 2. The first kappa shape index (κ1) is 26.5. The second kappa shape index (κ2) is 10.4. The number of carbonyl (C=O) groups excluding carboxylic acids is 1. The number of carbonyl (C=O) groups is 1. The Kier molecular flexibility index (Phi) is 7.46. The van der Waals surface area contributed by atoms with Crippen molar-refractivity contribution in [1.82, 2.24) is 19.7 Å². The van der Waals surface area contributed by atoms with Gasteiger partial charge in [-0.05, 0) is 54.6 Å². The number of aromatic nitrogens is 4. The van der Waals surface area contributed by atoms with Crippen molar-refractivity contribution in [3.8, 4) is 17.1 Å². The van der Waals surface area contributed by atoms with Crippen molar-refractivity contribution in [1.29, 1.82) is 0 Å². The summed E-state index contributed by atoms with van der Waals surface area (Å²) in [5.41, 5.74) is -2.43. The van der Waals surface area contributed by atoms with Crippen LogP contribution >= 0.6 is 23.4 Å². The van der Waals surface area contributed by atoms with Gasteiger partial charge in [-0.1, -0.05) is 23.4 Å². The molecule has 0 fully saturated rings. The maximum absolute atomic E-state index is 13.1. The molecule has 2 aromatic heterocycles. The van der Waals surface area contributed by atoms with Crippen LogP contribution < -0.4 is 5.32 Å². The van der Waals surface area contributed by atoms with Crippen LogP contribution in [0.3, 0.4) is 0 Å². The minimum atomic E-state index is -5.03. The number of anilines is 1. The molecule has 4 rings (SSSR count). The SMILES string of the molecule is O=C(CSc1nnc(-c2ccncc2)n1-c1ccc(Cl)cc1)Nc1cc(C(F)(F)F)cc(C(F)(F)F)c1. The van der Waals surface area contributed by atoms with Gasteiger partial charge in [0.05, 0.1) is 16.9 Å². The number of halogens is 7. The van der Waals surface area contributed by atoms with Gasteiger partial charge in [-0.2, -0.15) is 26.3 Å². The molecule has 14 heteroatoms. The maximum Gasteiger partial charge on any atom is 0.416 e. The summed E-state index contributed by atoms with van der Waals surface area (Å²) in [6.07, 6.45) is -6.96. The standard InChI is InChI=1S/C23H14ClF6N5OS/c24-16-1-3-18(4-2-16)35-20(13-5-7-31-8-6-13)33-34-21(35)37-12-19(36)32-17-10-14(22(25,26)27)9-15(11-17)23(28,29)30/h1-11H,12H2,(H,32,36). The van der Waals surface area contributed by atoms with Gasteiger partial charge in [0.15, 0.2) is 11.0 Å². The van der Waals surface area contributed by atoms with Crippen LogP contribution in [0.1, 0.15) is 11.1 Å². The highest BCUT2D eigenvalue weighted by Crippen LogP contribution is 2.37. The molecule has 37 heavy (non-hydrogen) atoms.